The van der Waals surface area contributed by atoms with Crippen LogP contribution in [0, 0.1) is 0 Å². The molecule has 0 aliphatic carbocycles. The van der Waals surface area contributed by atoms with Gasteiger partial charge in [-0.3, -0.25) is 0 Å². The lowest BCUT2D eigenvalue weighted by molar-refractivity contribution is 0.204. The molecule has 2 aromatic carbocycles. The van der Waals surface area contributed by atoms with E-state index in [0.29, 0.717) is 13.2 Å². The van der Waals surface area contributed by atoms with Crippen LogP contribution in [0.2, 0.25) is 0 Å². The Hall–Kier alpha value is -1.77. The van der Waals surface area contributed by atoms with Gasteiger partial charge in [0.15, 0.2) is 0 Å². The number of methoxy groups -OCH3 is 1. The van der Waals surface area contributed by atoms with E-state index in [-0.39, 0.29) is 11.4 Å². The highest BCUT2D eigenvalue weighted by molar-refractivity contribution is 7.89. The maximum absolute atomic E-state index is 12.1. The lowest BCUT2D eigenvalue weighted by Crippen LogP contribution is -2.27. The summed E-state index contributed by atoms with van der Waals surface area (Å²) >= 11 is 1.75. The highest BCUT2D eigenvalue weighted by Gasteiger charge is 2.12. The number of nitrogens with one attached hydrogen (secondary N) is 2. The summed E-state index contributed by atoms with van der Waals surface area (Å²) in [7, 11) is -1.94. The van der Waals surface area contributed by atoms with E-state index >= 15 is 0 Å². The Bertz CT molecular complexity index is 950. The molecule has 0 bridgehead atoms. The molecular formula is C19H22N2O3S2. The molecule has 0 radical (unpaired) electrons. The summed E-state index contributed by atoms with van der Waals surface area (Å²) in [5.74, 6) is 0. The number of rotatable bonds is 9. The Labute approximate surface area is 158 Å². The Morgan fingerprint density at radius 2 is 1.81 bits per heavy atom. The van der Waals surface area contributed by atoms with Crippen LogP contribution in [0.5, 0.6) is 0 Å². The zero-order valence-electron chi connectivity index (χ0n) is 14.6. The van der Waals surface area contributed by atoms with Crippen molar-refractivity contribution in [3.05, 3.63) is 65.0 Å². The first kappa shape index (κ1) is 19.0. The van der Waals surface area contributed by atoms with Crippen molar-refractivity contribution in [2.75, 3.05) is 20.3 Å². The molecule has 138 valence electrons. The van der Waals surface area contributed by atoms with Gasteiger partial charge in [0.1, 0.15) is 0 Å². The number of ether oxygens (including phenoxy) is 1. The molecule has 0 aliphatic heterocycles. The number of hydrogen-bond donors (Lipinski definition) is 2. The van der Waals surface area contributed by atoms with Gasteiger partial charge in [-0.15, -0.1) is 11.3 Å². The lowest BCUT2D eigenvalue weighted by atomic mass is 10.1. The Kier molecular flexibility index (Phi) is 6.39. The molecule has 7 heteroatoms. The van der Waals surface area contributed by atoms with Crippen molar-refractivity contribution >= 4 is 31.4 Å². The minimum absolute atomic E-state index is 0.261. The minimum Gasteiger partial charge on any atom is -0.383 e. The molecule has 26 heavy (non-hydrogen) atoms. The monoisotopic (exact) mass is 390 g/mol. The van der Waals surface area contributed by atoms with Crippen LogP contribution >= 0.6 is 11.3 Å². The third kappa shape index (κ3) is 4.69. The Morgan fingerprint density at radius 3 is 2.58 bits per heavy atom. The summed E-state index contributed by atoms with van der Waals surface area (Å²) in [6, 6.07) is 15.3. The molecular weight excluding hydrogens is 368 g/mol. The van der Waals surface area contributed by atoms with Gasteiger partial charge < -0.3 is 10.1 Å². The maximum atomic E-state index is 12.1. The summed E-state index contributed by atoms with van der Waals surface area (Å²) in [5, 5.41) is 6.89. The number of fused-ring (bicyclic) bond motifs is 1. The van der Waals surface area contributed by atoms with Crippen LogP contribution in [-0.4, -0.2) is 28.7 Å². The van der Waals surface area contributed by atoms with Gasteiger partial charge in [0, 0.05) is 31.4 Å². The van der Waals surface area contributed by atoms with E-state index in [9.17, 15) is 8.42 Å². The number of sulfonamides is 1. The van der Waals surface area contributed by atoms with E-state index in [2.05, 4.69) is 39.7 Å². The van der Waals surface area contributed by atoms with Gasteiger partial charge >= 0.3 is 0 Å². The highest BCUT2D eigenvalue weighted by atomic mass is 32.2. The predicted molar refractivity (Wildman–Crippen MR) is 106 cm³/mol. The molecule has 0 saturated heterocycles. The average molecular weight is 391 g/mol. The molecule has 0 unspecified atom stereocenters. The number of hydrogen-bond acceptors (Lipinski definition) is 5. The first-order chi connectivity index (χ1) is 12.6. The summed E-state index contributed by atoms with van der Waals surface area (Å²) in [5.41, 5.74) is 2.33. The number of benzene rings is 2. The van der Waals surface area contributed by atoms with Crippen molar-refractivity contribution < 1.29 is 13.2 Å². The standard InChI is InChI=1S/C19H22N2O3S2/c1-24-11-10-21-26(22,23)17-8-6-15(7-9-17)12-20-13-16-14-25-19-5-3-2-4-18(16)19/h2-9,14,20-21H,10-13H2,1H3. The molecule has 3 aromatic rings. The van der Waals surface area contributed by atoms with Crippen molar-refractivity contribution in [3.63, 3.8) is 0 Å². The fourth-order valence-electron chi connectivity index (χ4n) is 2.66. The molecule has 5 nitrogen and oxygen atoms in total. The molecule has 0 fully saturated rings. The van der Waals surface area contributed by atoms with E-state index in [1.807, 2.05) is 12.1 Å². The van der Waals surface area contributed by atoms with Crippen LogP contribution in [0.4, 0.5) is 0 Å². The SMILES string of the molecule is COCCNS(=O)(=O)c1ccc(CNCc2csc3ccccc23)cc1. The first-order valence-electron chi connectivity index (χ1n) is 8.33. The van der Waals surface area contributed by atoms with Crippen molar-refractivity contribution in [2.45, 2.75) is 18.0 Å². The van der Waals surface area contributed by atoms with Crippen LogP contribution in [-0.2, 0) is 27.8 Å². The van der Waals surface area contributed by atoms with E-state index in [1.54, 1.807) is 23.5 Å². The Balaban J connectivity index is 1.56. The second kappa shape index (κ2) is 8.75. The Morgan fingerprint density at radius 1 is 1.04 bits per heavy atom. The molecule has 1 heterocycles. The van der Waals surface area contributed by atoms with Gasteiger partial charge in [-0.1, -0.05) is 30.3 Å². The van der Waals surface area contributed by atoms with Gasteiger partial charge in [-0.2, -0.15) is 0 Å². The molecule has 0 atom stereocenters. The van der Waals surface area contributed by atoms with Crippen molar-refractivity contribution in [1.29, 1.82) is 0 Å². The summed E-state index contributed by atoms with van der Waals surface area (Å²) in [6.45, 7) is 2.07. The van der Waals surface area contributed by atoms with Gasteiger partial charge in [-0.25, -0.2) is 13.1 Å². The van der Waals surface area contributed by atoms with Crippen molar-refractivity contribution in [3.8, 4) is 0 Å². The van der Waals surface area contributed by atoms with E-state index in [4.69, 9.17) is 4.74 Å². The van der Waals surface area contributed by atoms with E-state index in [1.165, 1.54) is 22.8 Å². The van der Waals surface area contributed by atoms with Crippen LogP contribution < -0.4 is 10.0 Å². The lowest BCUT2D eigenvalue weighted by Gasteiger charge is -2.08. The zero-order chi connectivity index (χ0) is 18.4. The van der Waals surface area contributed by atoms with Gasteiger partial charge in [0.25, 0.3) is 0 Å². The highest BCUT2D eigenvalue weighted by Crippen LogP contribution is 2.25. The molecule has 2 N–H and O–H groups in total. The minimum atomic E-state index is -3.48. The maximum Gasteiger partial charge on any atom is 0.240 e. The van der Waals surface area contributed by atoms with Gasteiger partial charge in [0.05, 0.1) is 11.5 Å². The zero-order valence-corrected chi connectivity index (χ0v) is 16.2. The number of thiophene rings is 1. The topological polar surface area (TPSA) is 67.4 Å². The summed E-state index contributed by atoms with van der Waals surface area (Å²) in [4.78, 5) is 0.265. The molecule has 3 rings (SSSR count). The van der Waals surface area contributed by atoms with Gasteiger partial charge in [-0.05, 0) is 40.1 Å². The third-order valence-corrected chi connectivity index (χ3v) is 6.53. The molecule has 0 spiro atoms. The van der Waals surface area contributed by atoms with Crippen molar-refractivity contribution in [1.82, 2.24) is 10.0 Å². The van der Waals surface area contributed by atoms with Crippen LogP contribution in [0.1, 0.15) is 11.1 Å². The van der Waals surface area contributed by atoms with Crippen LogP contribution in [0.25, 0.3) is 10.1 Å². The largest absolute Gasteiger partial charge is 0.383 e. The molecule has 0 saturated carbocycles. The second-order valence-corrected chi connectivity index (χ2v) is 8.57. The van der Waals surface area contributed by atoms with Crippen LogP contribution in [0.15, 0.2) is 58.8 Å². The van der Waals surface area contributed by atoms with Crippen LogP contribution in [0.3, 0.4) is 0 Å². The van der Waals surface area contributed by atoms with Crippen molar-refractivity contribution in [2.24, 2.45) is 0 Å². The fourth-order valence-corrected chi connectivity index (χ4v) is 4.63. The van der Waals surface area contributed by atoms with Gasteiger partial charge in [0.2, 0.25) is 10.0 Å². The average Bonchev–Trinajstić information content (AvgIpc) is 3.06. The third-order valence-electron chi connectivity index (χ3n) is 4.04. The van der Waals surface area contributed by atoms with E-state index in [0.717, 1.165) is 12.1 Å². The quantitative estimate of drug-likeness (QED) is 0.551. The smallest absolute Gasteiger partial charge is 0.240 e. The summed E-state index contributed by atoms with van der Waals surface area (Å²) < 4.78 is 32.9. The second-order valence-electron chi connectivity index (χ2n) is 5.90. The fraction of sp³-hybridized carbons (Fsp3) is 0.263. The predicted octanol–water partition coefficient (Wildman–Crippen LogP) is 3.12. The first-order valence-corrected chi connectivity index (χ1v) is 10.7. The summed E-state index contributed by atoms with van der Waals surface area (Å²) in [6.07, 6.45) is 0. The molecule has 0 amide bonds. The molecule has 1 aromatic heterocycles. The van der Waals surface area contributed by atoms with E-state index < -0.39 is 10.0 Å². The normalized spacial score (nSPS) is 11.9. The molecule has 0 aliphatic rings.